The van der Waals surface area contributed by atoms with E-state index in [-0.39, 0.29) is 5.41 Å². The van der Waals surface area contributed by atoms with Crippen LogP contribution in [0.4, 0.5) is 0 Å². The average molecular weight is 269 g/mol. The van der Waals surface area contributed by atoms with E-state index in [4.69, 9.17) is 0 Å². The van der Waals surface area contributed by atoms with E-state index in [0.717, 1.165) is 6.04 Å². The SMILES string of the molecule is CC(C)c1cc2ccc(C(C)(C)C)cc2n1C1CCC1. The quantitative estimate of drug-likeness (QED) is 0.650. The van der Waals surface area contributed by atoms with E-state index >= 15 is 0 Å². The van der Waals surface area contributed by atoms with Crippen molar-refractivity contribution in [3.8, 4) is 0 Å². The van der Waals surface area contributed by atoms with Crippen molar-refractivity contribution in [1.82, 2.24) is 4.57 Å². The molecule has 0 amide bonds. The van der Waals surface area contributed by atoms with Crippen molar-refractivity contribution >= 4 is 10.9 Å². The first-order chi connectivity index (χ1) is 9.38. The van der Waals surface area contributed by atoms with Crippen molar-refractivity contribution in [3.63, 3.8) is 0 Å². The molecule has 1 aliphatic rings. The van der Waals surface area contributed by atoms with Crippen LogP contribution in [0.2, 0.25) is 0 Å². The van der Waals surface area contributed by atoms with Crippen LogP contribution in [-0.2, 0) is 5.41 Å². The fourth-order valence-corrected chi connectivity index (χ4v) is 3.21. The molecular weight excluding hydrogens is 242 g/mol. The van der Waals surface area contributed by atoms with Crippen LogP contribution in [0.3, 0.4) is 0 Å². The third-order valence-corrected chi connectivity index (χ3v) is 4.77. The summed E-state index contributed by atoms with van der Waals surface area (Å²) in [5.74, 6) is 0.598. The highest BCUT2D eigenvalue weighted by Crippen LogP contribution is 2.39. The van der Waals surface area contributed by atoms with E-state index in [9.17, 15) is 0 Å². The lowest BCUT2D eigenvalue weighted by Crippen LogP contribution is -2.19. The molecule has 0 atom stereocenters. The number of fused-ring (bicyclic) bond motifs is 1. The summed E-state index contributed by atoms with van der Waals surface area (Å²) < 4.78 is 2.64. The Hall–Kier alpha value is -1.24. The Labute approximate surface area is 123 Å². The molecule has 1 heteroatoms. The molecule has 0 aliphatic heterocycles. The summed E-state index contributed by atoms with van der Waals surface area (Å²) in [5.41, 5.74) is 4.63. The molecule has 1 nitrogen and oxygen atoms in total. The van der Waals surface area contributed by atoms with Crippen molar-refractivity contribution < 1.29 is 0 Å². The van der Waals surface area contributed by atoms with Gasteiger partial charge < -0.3 is 4.57 Å². The lowest BCUT2D eigenvalue weighted by molar-refractivity contribution is 0.313. The Morgan fingerprint density at radius 2 is 1.80 bits per heavy atom. The molecule has 0 bridgehead atoms. The highest BCUT2D eigenvalue weighted by atomic mass is 15.0. The minimum Gasteiger partial charge on any atom is -0.341 e. The molecule has 108 valence electrons. The Morgan fingerprint density at radius 1 is 1.10 bits per heavy atom. The number of rotatable bonds is 2. The number of hydrogen-bond donors (Lipinski definition) is 0. The summed E-state index contributed by atoms with van der Waals surface area (Å²) in [4.78, 5) is 0. The Morgan fingerprint density at radius 3 is 2.30 bits per heavy atom. The van der Waals surface area contributed by atoms with Gasteiger partial charge in [0, 0.05) is 17.3 Å². The zero-order valence-electron chi connectivity index (χ0n) is 13.5. The molecule has 3 rings (SSSR count). The summed E-state index contributed by atoms with van der Waals surface area (Å²) >= 11 is 0. The van der Waals surface area contributed by atoms with Crippen molar-refractivity contribution in [1.29, 1.82) is 0 Å². The minimum absolute atomic E-state index is 0.223. The normalized spacial score (nSPS) is 16.9. The van der Waals surface area contributed by atoms with Crippen LogP contribution in [0.25, 0.3) is 10.9 Å². The van der Waals surface area contributed by atoms with Gasteiger partial charge in [-0.1, -0.05) is 46.8 Å². The third kappa shape index (κ3) is 2.17. The third-order valence-electron chi connectivity index (χ3n) is 4.77. The van der Waals surface area contributed by atoms with Crippen LogP contribution < -0.4 is 0 Å². The maximum atomic E-state index is 2.64. The van der Waals surface area contributed by atoms with Gasteiger partial charge in [-0.15, -0.1) is 0 Å². The highest BCUT2D eigenvalue weighted by molar-refractivity contribution is 5.82. The molecule has 2 aromatic rings. The first-order valence-electron chi connectivity index (χ1n) is 8.03. The molecular formula is C19H27N. The van der Waals surface area contributed by atoms with E-state index in [1.165, 1.54) is 41.4 Å². The molecule has 0 radical (unpaired) electrons. The second-order valence-electron chi connectivity index (χ2n) is 7.70. The van der Waals surface area contributed by atoms with Crippen LogP contribution in [-0.4, -0.2) is 4.57 Å². The zero-order chi connectivity index (χ0) is 14.5. The van der Waals surface area contributed by atoms with E-state index < -0.39 is 0 Å². The molecule has 1 heterocycles. The summed E-state index contributed by atoms with van der Waals surface area (Å²) in [5, 5.41) is 1.41. The molecule has 1 aromatic carbocycles. The lowest BCUT2D eigenvalue weighted by Gasteiger charge is -2.31. The Kier molecular flexibility index (Phi) is 3.19. The Balaban J connectivity index is 2.21. The number of hydrogen-bond acceptors (Lipinski definition) is 0. The van der Waals surface area contributed by atoms with Gasteiger partial charge in [0.2, 0.25) is 0 Å². The van der Waals surface area contributed by atoms with Gasteiger partial charge in [0.15, 0.2) is 0 Å². The van der Waals surface area contributed by atoms with E-state index in [2.05, 4.69) is 63.5 Å². The number of aromatic nitrogens is 1. The van der Waals surface area contributed by atoms with Gasteiger partial charge in [0.05, 0.1) is 0 Å². The molecule has 0 unspecified atom stereocenters. The topological polar surface area (TPSA) is 4.93 Å². The van der Waals surface area contributed by atoms with Gasteiger partial charge in [-0.3, -0.25) is 0 Å². The van der Waals surface area contributed by atoms with Crippen LogP contribution in [0.5, 0.6) is 0 Å². The van der Waals surface area contributed by atoms with Crippen LogP contribution in [0, 0.1) is 0 Å². The predicted octanol–water partition coefficient (Wildman–Crippen LogP) is 5.79. The summed E-state index contributed by atoms with van der Waals surface area (Å²) in [6.45, 7) is 11.5. The first-order valence-corrected chi connectivity index (χ1v) is 8.03. The van der Waals surface area contributed by atoms with Crippen LogP contribution in [0.1, 0.15) is 77.1 Å². The molecule has 1 aliphatic carbocycles. The maximum Gasteiger partial charge on any atom is 0.0488 e. The predicted molar refractivity (Wildman–Crippen MR) is 87.6 cm³/mol. The van der Waals surface area contributed by atoms with E-state index in [0.29, 0.717) is 5.92 Å². The van der Waals surface area contributed by atoms with Crippen molar-refractivity contribution in [3.05, 3.63) is 35.5 Å². The smallest absolute Gasteiger partial charge is 0.0488 e. The molecule has 0 spiro atoms. The maximum absolute atomic E-state index is 2.64. The van der Waals surface area contributed by atoms with Crippen LogP contribution >= 0.6 is 0 Å². The number of benzene rings is 1. The Bertz CT molecular complexity index is 621. The van der Waals surface area contributed by atoms with Crippen LogP contribution in [0.15, 0.2) is 24.3 Å². The molecule has 1 aromatic heterocycles. The second kappa shape index (κ2) is 4.65. The molecule has 0 saturated heterocycles. The van der Waals surface area contributed by atoms with Gasteiger partial charge in [-0.2, -0.15) is 0 Å². The average Bonchev–Trinajstić information content (AvgIpc) is 2.65. The summed E-state index contributed by atoms with van der Waals surface area (Å²) in [7, 11) is 0. The molecule has 20 heavy (non-hydrogen) atoms. The fraction of sp³-hybridized carbons (Fsp3) is 0.579. The zero-order valence-corrected chi connectivity index (χ0v) is 13.5. The lowest BCUT2D eigenvalue weighted by atomic mass is 9.86. The number of nitrogens with zero attached hydrogens (tertiary/aromatic N) is 1. The van der Waals surface area contributed by atoms with Crippen molar-refractivity contribution in [2.24, 2.45) is 0 Å². The summed E-state index contributed by atoms with van der Waals surface area (Å²) in [6, 6.07) is 10.2. The largest absolute Gasteiger partial charge is 0.341 e. The van der Waals surface area contributed by atoms with Crippen molar-refractivity contribution in [2.75, 3.05) is 0 Å². The molecule has 1 saturated carbocycles. The fourth-order valence-electron chi connectivity index (χ4n) is 3.21. The molecule has 0 N–H and O–H groups in total. The van der Waals surface area contributed by atoms with Gasteiger partial charge >= 0.3 is 0 Å². The van der Waals surface area contributed by atoms with Gasteiger partial charge in [0.1, 0.15) is 0 Å². The van der Waals surface area contributed by atoms with E-state index in [1.807, 2.05) is 0 Å². The first kappa shape index (κ1) is 13.7. The monoisotopic (exact) mass is 269 g/mol. The van der Waals surface area contributed by atoms with Crippen molar-refractivity contribution in [2.45, 2.75) is 71.3 Å². The van der Waals surface area contributed by atoms with E-state index in [1.54, 1.807) is 0 Å². The second-order valence-corrected chi connectivity index (χ2v) is 7.70. The highest BCUT2D eigenvalue weighted by Gasteiger charge is 2.25. The van der Waals surface area contributed by atoms with Gasteiger partial charge in [-0.25, -0.2) is 0 Å². The minimum atomic E-state index is 0.223. The summed E-state index contributed by atoms with van der Waals surface area (Å²) in [6.07, 6.45) is 4.09. The van der Waals surface area contributed by atoms with Gasteiger partial charge in [0.25, 0.3) is 0 Å². The van der Waals surface area contributed by atoms with Gasteiger partial charge in [-0.05, 0) is 53.7 Å². The molecule has 1 fully saturated rings. The standard InChI is InChI=1S/C19H27N/c1-13(2)17-11-14-9-10-15(19(3,4)5)12-18(14)20(17)16-7-6-8-16/h9-13,16H,6-8H2,1-5H3.